The Hall–Kier alpha value is -1.00. The van der Waals surface area contributed by atoms with Crippen molar-refractivity contribution in [3.05, 3.63) is 23.8 Å². The molecule has 0 amide bonds. The van der Waals surface area contributed by atoms with Gasteiger partial charge in [-0.1, -0.05) is 13.8 Å². The first-order chi connectivity index (χ1) is 9.16. The fraction of sp³-hybridized carbons (Fsp3) is 0.733. The van der Waals surface area contributed by atoms with E-state index in [2.05, 4.69) is 29.1 Å². The molecule has 1 saturated carbocycles. The van der Waals surface area contributed by atoms with Crippen LogP contribution in [0.5, 0.6) is 0 Å². The summed E-state index contributed by atoms with van der Waals surface area (Å²) in [6.45, 7) is 6.26. The predicted octanol–water partition coefficient (Wildman–Crippen LogP) is 2.64. The normalized spacial score (nSPS) is 18.1. The molecular weight excluding hydrogens is 238 g/mol. The molecule has 1 aliphatic rings. The molecule has 0 atom stereocenters. The Morgan fingerprint density at radius 3 is 2.42 bits per heavy atom. The fourth-order valence-electron chi connectivity index (χ4n) is 2.65. The lowest BCUT2D eigenvalue weighted by atomic mass is 10.0. The Labute approximate surface area is 116 Å². The summed E-state index contributed by atoms with van der Waals surface area (Å²) in [5.41, 5.74) is 0.901. The molecule has 1 heterocycles. The molecule has 0 aromatic carbocycles. The van der Waals surface area contributed by atoms with Crippen LogP contribution in [0, 0.1) is 5.92 Å². The fourth-order valence-corrected chi connectivity index (χ4v) is 2.65. The zero-order valence-corrected chi connectivity index (χ0v) is 12.3. The van der Waals surface area contributed by atoms with Crippen LogP contribution in [0.1, 0.15) is 50.9 Å². The molecule has 0 spiro atoms. The van der Waals surface area contributed by atoms with Crippen molar-refractivity contribution in [1.29, 1.82) is 0 Å². The van der Waals surface area contributed by atoms with E-state index in [-0.39, 0.29) is 5.60 Å². The highest BCUT2D eigenvalue weighted by atomic mass is 16.5. The van der Waals surface area contributed by atoms with Gasteiger partial charge >= 0.3 is 0 Å². The van der Waals surface area contributed by atoms with E-state index in [0.29, 0.717) is 5.92 Å². The average molecular weight is 263 g/mol. The molecule has 1 N–H and O–H groups in total. The van der Waals surface area contributed by atoms with E-state index in [1.54, 1.807) is 7.11 Å². The Morgan fingerprint density at radius 1 is 1.26 bits per heavy atom. The topological polar surface area (TPSA) is 47.0 Å². The van der Waals surface area contributed by atoms with E-state index in [4.69, 9.17) is 4.74 Å². The summed E-state index contributed by atoms with van der Waals surface area (Å²) < 4.78 is 5.70. The third kappa shape index (κ3) is 3.51. The van der Waals surface area contributed by atoms with Gasteiger partial charge in [0.2, 0.25) is 0 Å². The lowest BCUT2D eigenvalue weighted by Gasteiger charge is -2.25. The Kier molecular flexibility index (Phi) is 4.88. The van der Waals surface area contributed by atoms with Gasteiger partial charge in [-0.05, 0) is 38.1 Å². The van der Waals surface area contributed by atoms with Crippen molar-refractivity contribution in [3.63, 3.8) is 0 Å². The monoisotopic (exact) mass is 263 g/mol. The van der Waals surface area contributed by atoms with Gasteiger partial charge in [0.15, 0.2) is 5.82 Å². The number of hydrogen-bond acceptors (Lipinski definition) is 4. The average Bonchev–Trinajstić information content (AvgIpc) is 2.89. The van der Waals surface area contributed by atoms with Gasteiger partial charge in [0.05, 0.1) is 0 Å². The van der Waals surface area contributed by atoms with Crippen molar-refractivity contribution < 1.29 is 4.74 Å². The molecule has 19 heavy (non-hydrogen) atoms. The summed E-state index contributed by atoms with van der Waals surface area (Å²) in [6, 6.07) is 0. The number of rotatable bonds is 6. The van der Waals surface area contributed by atoms with E-state index < -0.39 is 0 Å². The summed E-state index contributed by atoms with van der Waals surface area (Å²) in [6.07, 6.45) is 8.33. The van der Waals surface area contributed by atoms with E-state index in [1.165, 1.54) is 12.8 Å². The van der Waals surface area contributed by atoms with Gasteiger partial charge in [-0.15, -0.1) is 0 Å². The molecule has 0 bridgehead atoms. The van der Waals surface area contributed by atoms with Crippen molar-refractivity contribution in [2.24, 2.45) is 5.92 Å². The highest BCUT2D eigenvalue weighted by Gasteiger charge is 2.38. The van der Waals surface area contributed by atoms with Crippen LogP contribution in [-0.2, 0) is 16.9 Å². The van der Waals surface area contributed by atoms with Gasteiger partial charge in [0.1, 0.15) is 5.60 Å². The van der Waals surface area contributed by atoms with Gasteiger partial charge in [0.25, 0.3) is 0 Å². The molecule has 1 fully saturated rings. The number of methoxy groups -OCH3 is 1. The van der Waals surface area contributed by atoms with Gasteiger partial charge in [0, 0.05) is 31.6 Å². The Bertz CT molecular complexity index is 383. The highest BCUT2D eigenvalue weighted by Crippen LogP contribution is 2.39. The molecule has 2 rings (SSSR count). The van der Waals surface area contributed by atoms with Crippen molar-refractivity contribution >= 4 is 0 Å². The second-order valence-corrected chi connectivity index (χ2v) is 5.85. The van der Waals surface area contributed by atoms with Crippen molar-refractivity contribution in [3.8, 4) is 0 Å². The lowest BCUT2D eigenvalue weighted by Crippen LogP contribution is -2.27. The third-order valence-electron chi connectivity index (χ3n) is 3.80. The van der Waals surface area contributed by atoms with E-state index in [0.717, 1.165) is 37.3 Å². The summed E-state index contributed by atoms with van der Waals surface area (Å²) in [5, 5.41) is 3.40. The van der Waals surface area contributed by atoms with Crippen molar-refractivity contribution in [2.75, 3.05) is 13.7 Å². The largest absolute Gasteiger partial charge is 0.370 e. The quantitative estimate of drug-likeness (QED) is 0.857. The van der Waals surface area contributed by atoms with Crippen LogP contribution in [0.2, 0.25) is 0 Å². The maximum atomic E-state index is 5.70. The number of aromatic nitrogens is 2. The Morgan fingerprint density at radius 2 is 1.89 bits per heavy atom. The Balaban J connectivity index is 1.97. The van der Waals surface area contributed by atoms with Crippen molar-refractivity contribution in [1.82, 2.24) is 15.3 Å². The van der Waals surface area contributed by atoms with Crippen LogP contribution in [0.15, 0.2) is 12.4 Å². The molecule has 4 heteroatoms. The van der Waals surface area contributed by atoms with Crippen LogP contribution in [0.4, 0.5) is 0 Å². The maximum Gasteiger partial charge on any atom is 0.160 e. The molecule has 0 unspecified atom stereocenters. The van der Waals surface area contributed by atoms with Gasteiger partial charge in [-0.25, -0.2) is 9.97 Å². The minimum absolute atomic E-state index is 0.232. The van der Waals surface area contributed by atoms with Crippen LogP contribution in [0.3, 0.4) is 0 Å². The minimum Gasteiger partial charge on any atom is -0.370 e. The molecule has 0 aliphatic heterocycles. The number of nitrogens with one attached hydrogen (secondary N) is 1. The van der Waals surface area contributed by atoms with Crippen molar-refractivity contribution in [2.45, 2.75) is 51.7 Å². The summed E-state index contributed by atoms with van der Waals surface area (Å²) >= 11 is 0. The minimum atomic E-state index is -0.232. The molecule has 1 aliphatic carbocycles. The molecule has 1 aromatic heterocycles. The number of ether oxygens (including phenoxy) is 1. The van der Waals surface area contributed by atoms with Crippen LogP contribution in [-0.4, -0.2) is 23.6 Å². The number of nitrogens with zero attached hydrogens (tertiary/aromatic N) is 2. The first-order valence-corrected chi connectivity index (χ1v) is 7.23. The van der Waals surface area contributed by atoms with Crippen LogP contribution in [0.25, 0.3) is 0 Å². The molecule has 106 valence electrons. The first kappa shape index (κ1) is 14.4. The third-order valence-corrected chi connectivity index (χ3v) is 3.80. The van der Waals surface area contributed by atoms with E-state index >= 15 is 0 Å². The molecule has 4 nitrogen and oxygen atoms in total. The second-order valence-electron chi connectivity index (χ2n) is 5.85. The van der Waals surface area contributed by atoms with Gasteiger partial charge < -0.3 is 10.1 Å². The predicted molar refractivity (Wildman–Crippen MR) is 75.7 cm³/mol. The van der Waals surface area contributed by atoms with Gasteiger partial charge in [-0.2, -0.15) is 0 Å². The second kappa shape index (κ2) is 6.44. The summed E-state index contributed by atoms with van der Waals surface area (Å²) in [5.74, 6) is 1.51. The molecule has 0 radical (unpaired) electrons. The van der Waals surface area contributed by atoms with E-state index in [9.17, 15) is 0 Å². The summed E-state index contributed by atoms with van der Waals surface area (Å²) in [4.78, 5) is 9.05. The van der Waals surface area contributed by atoms with Gasteiger partial charge in [-0.3, -0.25) is 0 Å². The highest BCUT2D eigenvalue weighted by molar-refractivity contribution is 5.11. The van der Waals surface area contributed by atoms with Crippen LogP contribution < -0.4 is 5.32 Å². The smallest absolute Gasteiger partial charge is 0.160 e. The zero-order chi connectivity index (χ0) is 13.7. The van der Waals surface area contributed by atoms with Crippen LogP contribution >= 0.6 is 0 Å². The number of hydrogen-bond donors (Lipinski definition) is 1. The lowest BCUT2D eigenvalue weighted by molar-refractivity contribution is -0.0163. The van der Waals surface area contributed by atoms with E-state index in [1.807, 2.05) is 12.4 Å². The zero-order valence-electron chi connectivity index (χ0n) is 12.3. The SMILES string of the molecule is COC1(c2ncc(CNCC(C)C)cn2)CCCC1. The maximum absolute atomic E-state index is 5.70. The molecule has 0 saturated heterocycles. The standard InChI is InChI=1S/C15H25N3O/c1-12(2)8-16-9-13-10-17-14(18-11-13)15(19-3)6-4-5-7-15/h10-12,16H,4-9H2,1-3H3. The first-order valence-electron chi connectivity index (χ1n) is 7.23. The molecule has 1 aromatic rings. The molecular formula is C15H25N3O. The summed E-state index contributed by atoms with van der Waals surface area (Å²) in [7, 11) is 1.77.